The van der Waals surface area contributed by atoms with E-state index in [1.807, 2.05) is 25.3 Å². The Morgan fingerprint density at radius 3 is 2.83 bits per heavy atom. The van der Waals surface area contributed by atoms with Gasteiger partial charge in [0.1, 0.15) is 5.58 Å². The van der Waals surface area contributed by atoms with E-state index < -0.39 is 5.97 Å². The molecule has 0 N–H and O–H groups in total. The number of ether oxygens (including phenoxy) is 1. The number of esters is 1. The lowest BCUT2D eigenvalue weighted by Gasteiger charge is -2.17. The van der Waals surface area contributed by atoms with Gasteiger partial charge in [0, 0.05) is 28.8 Å². The van der Waals surface area contributed by atoms with E-state index in [0.717, 1.165) is 23.8 Å². The molecule has 0 radical (unpaired) electrons. The molecule has 0 bridgehead atoms. The van der Waals surface area contributed by atoms with Gasteiger partial charge >= 0.3 is 5.97 Å². The molecule has 1 saturated carbocycles. The molecular weight excluding hydrogens is 326 g/mol. The van der Waals surface area contributed by atoms with Crippen LogP contribution in [0.5, 0.6) is 0 Å². The van der Waals surface area contributed by atoms with Crippen molar-refractivity contribution in [2.75, 3.05) is 6.61 Å². The summed E-state index contributed by atoms with van der Waals surface area (Å²) >= 11 is 6.56. The Kier molecular flexibility index (Phi) is 5.24. The van der Waals surface area contributed by atoms with Crippen LogP contribution >= 0.6 is 11.6 Å². The molecule has 1 heterocycles. The third-order valence-corrected chi connectivity index (χ3v) is 4.93. The number of hydrogen-bond donors (Lipinski definition) is 0. The van der Waals surface area contributed by atoms with Crippen molar-refractivity contribution in [3.63, 3.8) is 0 Å². The van der Waals surface area contributed by atoms with Crippen LogP contribution in [0.1, 0.15) is 60.7 Å². The number of halogens is 1. The van der Waals surface area contributed by atoms with E-state index >= 15 is 0 Å². The minimum absolute atomic E-state index is 0.218. The van der Waals surface area contributed by atoms with Gasteiger partial charge in [0.05, 0.1) is 11.6 Å². The molecule has 0 spiro atoms. The van der Waals surface area contributed by atoms with E-state index in [1.54, 1.807) is 6.92 Å². The van der Waals surface area contributed by atoms with E-state index in [9.17, 15) is 4.79 Å². The van der Waals surface area contributed by atoms with E-state index in [4.69, 9.17) is 25.7 Å². The summed E-state index contributed by atoms with van der Waals surface area (Å²) in [7, 11) is 0. The van der Waals surface area contributed by atoms with Crippen LogP contribution in [-0.4, -0.2) is 24.8 Å². The van der Waals surface area contributed by atoms with Crippen LogP contribution in [0.15, 0.2) is 21.5 Å². The molecule has 3 rings (SSSR count). The van der Waals surface area contributed by atoms with Crippen LogP contribution in [0.4, 0.5) is 0 Å². The molecule has 1 aromatic carbocycles. The molecule has 1 aliphatic carbocycles. The van der Waals surface area contributed by atoms with Gasteiger partial charge in [0.25, 0.3) is 0 Å². The summed E-state index contributed by atoms with van der Waals surface area (Å²) in [5.74, 6) is -0.241. The Bertz CT molecular complexity index is 773. The molecule has 0 unspecified atom stereocenters. The second kappa shape index (κ2) is 7.39. The Hall–Kier alpha value is -1.81. The fraction of sp³-hybridized carbons (Fsp3) is 0.474. The first-order chi connectivity index (χ1) is 11.6. The van der Waals surface area contributed by atoms with E-state index in [2.05, 4.69) is 0 Å². The number of aliphatic imine (C=N–C) groups is 1. The monoisotopic (exact) mass is 347 g/mol. The van der Waals surface area contributed by atoms with Gasteiger partial charge in [-0.25, -0.2) is 4.79 Å². The van der Waals surface area contributed by atoms with Crippen LogP contribution in [0, 0.1) is 6.92 Å². The van der Waals surface area contributed by atoms with Crippen molar-refractivity contribution < 1.29 is 13.9 Å². The van der Waals surface area contributed by atoms with Crippen molar-refractivity contribution in [2.24, 2.45) is 4.99 Å². The van der Waals surface area contributed by atoms with Crippen molar-refractivity contribution >= 4 is 34.8 Å². The highest BCUT2D eigenvalue weighted by molar-refractivity contribution is 6.38. The molecule has 4 nitrogen and oxygen atoms in total. The Labute approximate surface area is 146 Å². The normalized spacial score (nSPS) is 16.1. The van der Waals surface area contributed by atoms with Crippen LogP contribution in [0.3, 0.4) is 0 Å². The standard InChI is InChI=1S/C19H22ClNO3/c1-3-23-19(22)18-12(2)16-15(24-18)10-9-13(17(16)20)11-21-14-7-5-4-6-8-14/h9-11,14H,3-8H2,1-2H3. The third-order valence-electron chi connectivity index (χ3n) is 4.52. The predicted molar refractivity (Wildman–Crippen MR) is 96.4 cm³/mol. The quantitative estimate of drug-likeness (QED) is 0.555. The summed E-state index contributed by atoms with van der Waals surface area (Å²) in [6.07, 6.45) is 7.96. The summed E-state index contributed by atoms with van der Waals surface area (Å²) in [6, 6.07) is 4.11. The molecule has 24 heavy (non-hydrogen) atoms. The van der Waals surface area contributed by atoms with Gasteiger partial charge in [-0.1, -0.05) is 30.9 Å². The van der Waals surface area contributed by atoms with Gasteiger partial charge < -0.3 is 9.15 Å². The highest BCUT2D eigenvalue weighted by Gasteiger charge is 2.21. The number of carbonyl (C=O) groups excluding carboxylic acids is 1. The van der Waals surface area contributed by atoms with Gasteiger partial charge in [-0.3, -0.25) is 4.99 Å². The predicted octanol–water partition coefficient (Wildman–Crippen LogP) is 5.32. The zero-order valence-corrected chi connectivity index (χ0v) is 14.9. The molecule has 1 aromatic heterocycles. The van der Waals surface area contributed by atoms with Crippen molar-refractivity contribution in [1.29, 1.82) is 0 Å². The number of aryl methyl sites for hydroxylation is 1. The molecule has 1 aliphatic rings. The number of carbonyl (C=O) groups is 1. The smallest absolute Gasteiger partial charge is 0.374 e. The third kappa shape index (κ3) is 3.34. The lowest BCUT2D eigenvalue weighted by atomic mass is 9.96. The second-order valence-electron chi connectivity index (χ2n) is 6.19. The zero-order chi connectivity index (χ0) is 17.1. The first-order valence-electron chi connectivity index (χ1n) is 8.53. The molecule has 128 valence electrons. The van der Waals surface area contributed by atoms with Crippen molar-refractivity contribution in [2.45, 2.75) is 52.0 Å². The topological polar surface area (TPSA) is 51.8 Å². The van der Waals surface area contributed by atoms with Gasteiger partial charge in [-0.05, 0) is 38.8 Å². The summed E-state index contributed by atoms with van der Waals surface area (Å²) in [5.41, 5.74) is 2.16. The maximum atomic E-state index is 12.0. The zero-order valence-electron chi connectivity index (χ0n) is 14.1. The highest BCUT2D eigenvalue weighted by Crippen LogP contribution is 2.34. The van der Waals surface area contributed by atoms with Crippen LogP contribution in [0.2, 0.25) is 5.02 Å². The number of rotatable bonds is 4. The largest absolute Gasteiger partial charge is 0.460 e. The molecule has 5 heteroatoms. The minimum Gasteiger partial charge on any atom is -0.460 e. The second-order valence-corrected chi connectivity index (χ2v) is 6.57. The first kappa shape index (κ1) is 17.0. The Balaban J connectivity index is 1.93. The van der Waals surface area contributed by atoms with Gasteiger partial charge in [-0.2, -0.15) is 0 Å². The van der Waals surface area contributed by atoms with E-state index in [-0.39, 0.29) is 5.76 Å². The number of hydrogen-bond acceptors (Lipinski definition) is 4. The van der Waals surface area contributed by atoms with Gasteiger partial charge in [-0.15, -0.1) is 0 Å². The summed E-state index contributed by atoms with van der Waals surface area (Å²) in [5, 5.41) is 1.33. The summed E-state index contributed by atoms with van der Waals surface area (Å²) in [4.78, 5) is 16.7. The maximum absolute atomic E-state index is 12.0. The van der Waals surface area contributed by atoms with Crippen LogP contribution < -0.4 is 0 Å². The Morgan fingerprint density at radius 1 is 1.38 bits per heavy atom. The first-order valence-corrected chi connectivity index (χ1v) is 8.91. The molecule has 0 aliphatic heterocycles. The van der Waals surface area contributed by atoms with Crippen molar-refractivity contribution in [1.82, 2.24) is 0 Å². The lowest BCUT2D eigenvalue weighted by molar-refractivity contribution is 0.0491. The van der Waals surface area contributed by atoms with E-state index in [0.29, 0.717) is 28.8 Å². The fourth-order valence-corrected chi connectivity index (χ4v) is 3.56. The fourth-order valence-electron chi connectivity index (χ4n) is 3.22. The summed E-state index contributed by atoms with van der Waals surface area (Å²) < 4.78 is 10.7. The van der Waals surface area contributed by atoms with Crippen molar-refractivity contribution in [3.8, 4) is 0 Å². The van der Waals surface area contributed by atoms with Crippen LogP contribution in [-0.2, 0) is 4.74 Å². The maximum Gasteiger partial charge on any atom is 0.374 e. The molecule has 0 atom stereocenters. The lowest BCUT2D eigenvalue weighted by Crippen LogP contribution is -2.09. The molecular formula is C19H22ClNO3. The van der Waals surface area contributed by atoms with Gasteiger partial charge in [0.15, 0.2) is 0 Å². The number of benzene rings is 1. The number of fused-ring (bicyclic) bond motifs is 1. The highest BCUT2D eigenvalue weighted by atomic mass is 35.5. The average Bonchev–Trinajstić information content (AvgIpc) is 2.93. The van der Waals surface area contributed by atoms with Crippen LogP contribution in [0.25, 0.3) is 11.0 Å². The molecule has 0 amide bonds. The number of furan rings is 1. The Morgan fingerprint density at radius 2 is 2.12 bits per heavy atom. The average molecular weight is 348 g/mol. The molecule has 0 saturated heterocycles. The SMILES string of the molecule is CCOC(=O)c1oc2ccc(C=NC3CCCCC3)c(Cl)c2c1C. The minimum atomic E-state index is -0.459. The molecule has 2 aromatic rings. The van der Waals surface area contributed by atoms with Gasteiger partial charge in [0.2, 0.25) is 5.76 Å². The summed E-state index contributed by atoms with van der Waals surface area (Å²) in [6.45, 7) is 3.90. The number of nitrogens with zero attached hydrogens (tertiary/aromatic N) is 1. The van der Waals surface area contributed by atoms with Crippen molar-refractivity contribution in [3.05, 3.63) is 34.0 Å². The molecule has 1 fully saturated rings. The van der Waals surface area contributed by atoms with E-state index in [1.165, 1.54) is 19.3 Å².